The highest BCUT2D eigenvalue weighted by Crippen LogP contribution is 2.26. The summed E-state index contributed by atoms with van der Waals surface area (Å²) < 4.78 is 59.1. The molecule has 1 aromatic rings. The predicted molar refractivity (Wildman–Crippen MR) is 59.6 cm³/mol. The van der Waals surface area contributed by atoms with Crippen molar-refractivity contribution >= 4 is 25.6 Å². The van der Waals surface area contributed by atoms with E-state index >= 15 is 0 Å². The Balaban J connectivity index is 3.90. The van der Waals surface area contributed by atoms with E-state index in [1.165, 1.54) is 0 Å². The Morgan fingerprint density at radius 1 is 1.11 bits per heavy atom. The van der Waals surface area contributed by atoms with Gasteiger partial charge in [-0.25, -0.2) is 26.0 Å². The zero-order valence-electron chi connectivity index (χ0n) is 9.34. The lowest BCUT2D eigenvalue weighted by atomic mass is 10.2. The first-order valence-electron chi connectivity index (χ1n) is 4.41. The summed E-state index contributed by atoms with van der Waals surface area (Å²) in [7, 11) is -8.21. The van der Waals surface area contributed by atoms with Gasteiger partial charge in [-0.3, -0.25) is 0 Å². The number of aromatic carboxylic acids is 1. The fraction of sp³-hybridized carbons (Fsp3) is 0.222. The number of halogens is 1. The summed E-state index contributed by atoms with van der Waals surface area (Å²) in [5, 5.41) is 8.68. The van der Waals surface area contributed by atoms with Crippen LogP contribution >= 0.6 is 0 Å². The van der Waals surface area contributed by atoms with Crippen molar-refractivity contribution in [2.45, 2.75) is 9.79 Å². The zero-order valence-corrected chi connectivity index (χ0v) is 11.0. The highest BCUT2D eigenvalue weighted by Gasteiger charge is 2.27. The molecule has 1 aromatic carbocycles. The molecular weight excluding hydrogens is 287 g/mol. The monoisotopic (exact) mass is 296 g/mol. The maximum atomic E-state index is 13.6. The quantitative estimate of drug-likeness (QED) is 0.861. The molecule has 0 heterocycles. The van der Waals surface area contributed by atoms with Gasteiger partial charge in [-0.1, -0.05) is 0 Å². The SMILES string of the molecule is CS(=O)(=O)c1cc(C(=O)O)cc(F)c1S(C)(=O)=O. The average molecular weight is 296 g/mol. The fourth-order valence-corrected chi connectivity index (χ4v) is 3.85. The first kappa shape index (κ1) is 14.6. The molecule has 0 unspecified atom stereocenters. The van der Waals surface area contributed by atoms with Gasteiger partial charge in [0.25, 0.3) is 0 Å². The van der Waals surface area contributed by atoms with E-state index in [9.17, 15) is 26.0 Å². The highest BCUT2D eigenvalue weighted by atomic mass is 32.2. The molecular formula is C9H9FO6S2. The average Bonchev–Trinajstić information content (AvgIpc) is 2.12. The van der Waals surface area contributed by atoms with Gasteiger partial charge in [0, 0.05) is 12.5 Å². The molecule has 1 rings (SSSR count). The van der Waals surface area contributed by atoms with E-state index in [1.54, 1.807) is 0 Å². The summed E-state index contributed by atoms with van der Waals surface area (Å²) in [6.07, 6.45) is 1.31. The molecule has 0 aliphatic rings. The number of benzene rings is 1. The molecule has 0 aromatic heterocycles. The van der Waals surface area contributed by atoms with E-state index in [1.807, 2.05) is 0 Å². The smallest absolute Gasteiger partial charge is 0.335 e. The third-order valence-electron chi connectivity index (χ3n) is 2.03. The Bertz CT molecular complexity index is 718. The van der Waals surface area contributed by atoms with E-state index < -0.39 is 46.8 Å². The van der Waals surface area contributed by atoms with Crippen LogP contribution in [0.1, 0.15) is 10.4 Å². The molecule has 1 N–H and O–H groups in total. The molecule has 0 radical (unpaired) electrons. The van der Waals surface area contributed by atoms with E-state index in [0.29, 0.717) is 24.6 Å². The number of carboxylic acids is 1. The Morgan fingerprint density at radius 2 is 1.61 bits per heavy atom. The molecule has 0 fully saturated rings. The summed E-state index contributed by atoms with van der Waals surface area (Å²) in [5.41, 5.74) is -0.639. The Morgan fingerprint density at radius 3 is 1.94 bits per heavy atom. The van der Waals surface area contributed by atoms with Gasteiger partial charge in [0.2, 0.25) is 0 Å². The standard InChI is InChI=1S/C9H9FO6S2/c1-17(13,14)7-4-5(9(11)12)3-6(10)8(7)18(2,15)16/h3-4H,1-2H3,(H,11,12). The normalized spacial score (nSPS) is 12.4. The largest absolute Gasteiger partial charge is 0.478 e. The van der Waals surface area contributed by atoms with Crippen LogP contribution in [0.5, 0.6) is 0 Å². The van der Waals surface area contributed by atoms with Gasteiger partial charge in [-0.2, -0.15) is 0 Å². The van der Waals surface area contributed by atoms with Crippen LogP contribution in [0.4, 0.5) is 4.39 Å². The van der Waals surface area contributed by atoms with E-state index in [0.717, 1.165) is 0 Å². The molecule has 0 saturated heterocycles. The predicted octanol–water partition coefficient (Wildman–Crippen LogP) is 0.331. The second kappa shape index (κ2) is 4.32. The van der Waals surface area contributed by atoms with Crippen LogP contribution in [0, 0.1) is 5.82 Å². The van der Waals surface area contributed by atoms with Gasteiger partial charge in [-0.15, -0.1) is 0 Å². The summed E-state index contributed by atoms with van der Waals surface area (Å²) in [5.74, 6) is -2.96. The summed E-state index contributed by atoms with van der Waals surface area (Å²) in [6.45, 7) is 0. The van der Waals surface area contributed by atoms with Crippen LogP contribution in [-0.2, 0) is 19.7 Å². The molecule has 0 aliphatic carbocycles. The minimum atomic E-state index is -4.14. The fourth-order valence-electron chi connectivity index (χ4n) is 1.33. The second-order valence-corrected chi connectivity index (χ2v) is 7.57. The second-order valence-electron chi connectivity index (χ2n) is 3.63. The van der Waals surface area contributed by atoms with Crippen LogP contribution in [0.2, 0.25) is 0 Å². The van der Waals surface area contributed by atoms with Crippen molar-refractivity contribution in [3.63, 3.8) is 0 Å². The van der Waals surface area contributed by atoms with Crippen LogP contribution < -0.4 is 0 Å². The molecule has 0 amide bonds. The maximum Gasteiger partial charge on any atom is 0.335 e. The lowest BCUT2D eigenvalue weighted by Crippen LogP contribution is -2.12. The number of hydrogen-bond acceptors (Lipinski definition) is 5. The maximum absolute atomic E-state index is 13.6. The van der Waals surface area contributed by atoms with E-state index in [2.05, 4.69) is 0 Å². The van der Waals surface area contributed by atoms with Crippen LogP contribution in [0.25, 0.3) is 0 Å². The molecule has 6 nitrogen and oxygen atoms in total. The lowest BCUT2D eigenvalue weighted by molar-refractivity contribution is 0.0695. The summed E-state index contributed by atoms with van der Waals surface area (Å²) >= 11 is 0. The van der Waals surface area contributed by atoms with Crippen molar-refractivity contribution in [3.05, 3.63) is 23.5 Å². The van der Waals surface area contributed by atoms with Crippen molar-refractivity contribution in [1.29, 1.82) is 0 Å². The molecule has 0 atom stereocenters. The van der Waals surface area contributed by atoms with Gasteiger partial charge in [-0.05, 0) is 12.1 Å². The number of hydrogen-bond donors (Lipinski definition) is 1. The van der Waals surface area contributed by atoms with Gasteiger partial charge in [0.15, 0.2) is 19.7 Å². The Labute approximate surface area is 103 Å². The summed E-state index contributed by atoms with van der Waals surface area (Å²) in [6, 6.07) is 1.09. The van der Waals surface area contributed by atoms with E-state index in [4.69, 9.17) is 5.11 Å². The molecule has 0 bridgehead atoms. The van der Waals surface area contributed by atoms with Gasteiger partial charge in [0.1, 0.15) is 10.7 Å². The van der Waals surface area contributed by atoms with Crippen molar-refractivity contribution in [2.75, 3.05) is 12.5 Å². The Kier molecular flexibility index (Phi) is 3.50. The Hall–Kier alpha value is -1.48. The minimum absolute atomic E-state index is 0.466. The zero-order chi connectivity index (χ0) is 14.3. The molecule has 0 aliphatic heterocycles. The number of carbonyl (C=O) groups is 1. The van der Waals surface area contributed by atoms with Crippen LogP contribution in [0.3, 0.4) is 0 Å². The van der Waals surface area contributed by atoms with Crippen LogP contribution in [0.15, 0.2) is 21.9 Å². The first-order valence-corrected chi connectivity index (χ1v) is 8.20. The summed E-state index contributed by atoms with van der Waals surface area (Å²) in [4.78, 5) is 8.80. The highest BCUT2D eigenvalue weighted by molar-refractivity contribution is 7.93. The third kappa shape index (κ3) is 2.85. The topological polar surface area (TPSA) is 106 Å². The van der Waals surface area contributed by atoms with Crippen molar-refractivity contribution in [1.82, 2.24) is 0 Å². The van der Waals surface area contributed by atoms with Crippen molar-refractivity contribution in [2.24, 2.45) is 0 Å². The third-order valence-corrected chi connectivity index (χ3v) is 4.43. The van der Waals surface area contributed by atoms with Crippen LogP contribution in [-0.4, -0.2) is 40.4 Å². The van der Waals surface area contributed by atoms with Gasteiger partial charge in [0.05, 0.1) is 10.5 Å². The molecule has 0 saturated carbocycles. The van der Waals surface area contributed by atoms with Crippen molar-refractivity contribution in [3.8, 4) is 0 Å². The molecule has 0 spiro atoms. The number of carboxylic acid groups (broad SMARTS) is 1. The number of rotatable bonds is 3. The number of sulfone groups is 2. The molecule has 9 heteroatoms. The minimum Gasteiger partial charge on any atom is -0.478 e. The van der Waals surface area contributed by atoms with E-state index in [-0.39, 0.29) is 0 Å². The van der Waals surface area contributed by atoms with Crippen molar-refractivity contribution < 1.29 is 31.1 Å². The van der Waals surface area contributed by atoms with Gasteiger partial charge < -0.3 is 5.11 Å². The molecule has 100 valence electrons. The lowest BCUT2D eigenvalue weighted by Gasteiger charge is -2.08. The van der Waals surface area contributed by atoms with Gasteiger partial charge >= 0.3 is 5.97 Å². The molecule has 18 heavy (non-hydrogen) atoms. The first-order chi connectivity index (χ1) is 7.94.